The number of anilines is 1. The number of para-hydroxylation sites is 2. The molecule has 5 aromatic rings. The minimum atomic E-state index is -0.475. The number of carbonyl (C=O) groups is 1. The van der Waals surface area contributed by atoms with Gasteiger partial charge in [-0.25, -0.2) is 4.98 Å². The Morgan fingerprint density at radius 1 is 1.06 bits per heavy atom. The summed E-state index contributed by atoms with van der Waals surface area (Å²) in [6, 6.07) is 11.4. The van der Waals surface area contributed by atoms with Gasteiger partial charge in [-0.1, -0.05) is 12.1 Å². The van der Waals surface area contributed by atoms with E-state index in [9.17, 15) is 9.59 Å². The Labute approximate surface area is 206 Å². The quantitative estimate of drug-likeness (QED) is 0.404. The summed E-state index contributed by atoms with van der Waals surface area (Å²) in [4.78, 5) is 48.3. The molecule has 6 rings (SSSR count). The van der Waals surface area contributed by atoms with Crippen molar-refractivity contribution in [2.24, 2.45) is 0 Å². The van der Waals surface area contributed by atoms with Crippen LogP contribution in [0.5, 0.6) is 0 Å². The fraction of sp³-hybridized carbons (Fsp3) is 0.269. The highest BCUT2D eigenvalue weighted by molar-refractivity contribution is 6.05. The summed E-state index contributed by atoms with van der Waals surface area (Å²) < 4.78 is 1.88. The molecule has 1 saturated heterocycles. The molecule has 1 aliphatic heterocycles. The summed E-state index contributed by atoms with van der Waals surface area (Å²) in [5, 5.41) is 3.23. The smallest absolute Gasteiger partial charge is 0.259 e. The van der Waals surface area contributed by atoms with E-state index >= 15 is 0 Å². The molecule has 4 aromatic heterocycles. The molecule has 0 saturated carbocycles. The number of benzene rings is 1. The summed E-state index contributed by atoms with van der Waals surface area (Å²) in [6.07, 6.45) is 3.26. The van der Waals surface area contributed by atoms with Crippen molar-refractivity contribution in [3.05, 3.63) is 76.0 Å². The van der Waals surface area contributed by atoms with Crippen LogP contribution >= 0.6 is 0 Å². The van der Waals surface area contributed by atoms with Gasteiger partial charge in [-0.05, 0) is 38.2 Å². The van der Waals surface area contributed by atoms with Crippen LogP contribution in [0.2, 0.25) is 0 Å². The van der Waals surface area contributed by atoms with Crippen LogP contribution in [-0.4, -0.2) is 68.4 Å². The van der Waals surface area contributed by atoms with Crippen LogP contribution < -0.4 is 15.6 Å². The normalized spacial score (nSPS) is 14.7. The third-order valence-electron chi connectivity index (χ3n) is 6.72. The first kappa shape index (κ1) is 22.2. The number of piperazine rings is 1. The molecule has 5 heterocycles. The minimum Gasteiger partial charge on any atom is -0.354 e. The number of amides is 1. The van der Waals surface area contributed by atoms with Gasteiger partial charge >= 0.3 is 0 Å². The largest absolute Gasteiger partial charge is 0.354 e. The Bertz CT molecular complexity index is 1660. The number of aryl methyl sites for hydroxylation is 1. The van der Waals surface area contributed by atoms with Gasteiger partial charge in [0, 0.05) is 32.4 Å². The number of fused-ring (bicyclic) bond motifs is 5. The van der Waals surface area contributed by atoms with Gasteiger partial charge in [-0.15, -0.1) is 0 Å². The lowest BCUT2D eigenvalue weighted by molar-refractivity contribution is 0.0950. The number of rotatable bonds is 4. The summed E-state index contributed by atoms with van der Waals surface area (Å²) in [5.74, 6) is 0.348. The minimum absolute atomic E-state index is 0.0490. The number of likely N-dealkylation sites (N-methyl/N-ethyl adjacent to an activating group) is 1. The van der Waals surface area contributed by atoms with E-state index in [1.54, 1.807) is 18.5 Å². The number of aromatic amines is 1. The van der Waals surface area contributed by atoms with E-state index in [-0.39, 0.29) is 17.5 Å². The van der Waals surface area contributed by atoms with Crippen molar-refractivity contribution in [1.82, 2.24) is 34.6 Å². The number of imidazole rings is 1. The fourth-order valence-electron chi connectivity index (χ4n) is 4.69. The molecule has 0 unspecified atom stereocenters. The van der Waals surface area contributed by atoms with Crippen LogP contribution in [0, 0.1) is 6.92 Å². The average Bonchev–Trinajstić information content (AvgIpc) is 3.28. The van der Waals surface area contributed by atoms with Crippen molar-refractivity contribution < 1.29 is 4.79 Å². The van der Waals surface area contributed by atoms with Crippen LogP contribution in [0.15, 0.2) is 53.6 Å². The van der Waals surface area contributed by atoms with Crippen LogP contribution in [0.4, 0.5) is 5.82 Å². The number of H-pyrrole nitrogens is 1. The maximum Gasteiger partial charge on any atom is 0.259 e. The number of carbonyl (C=O) groups excluding carboxylic acids is 1. The molecule has 1 fully saturated rings. The van der Waals surface area contributed by atoms with Gasteiger partial charge in [-0.3, -0.25) is 24.0 Å². The van der Waals surface area contributed by atoms with Crippen molar-refractivity contribution in [2.75, 3.05) is 38.1 Å². The topological polar surface area (TPSA) is 112 Å². The van der Waals surface area contributed by atoms with Crippen molar-refractivity contribution >= 4 is 39.4 Å². The van der Waals surface area contributed by atoms with Gasteiger partial charge < -0.3 is 20.1 Å². The third kappa shape index (κ3) is 3.75. The van der Waals surface area contributed by atoms with Gasteiger partial charge in [0.1, 0.15) is 17.0 Å². The second-order valence-corrected chi connectivity index (χ2v) is 9.19. The van der Waals surface area contributed by atoms with E-state index in [1.165, 1.54) is 0 Å². The number of hydrogen-bond acceptors (Lipinski definition) is 7. The van der Waals surface area contributed by atoms with Crippen molar-refractivity contribution in [3.63, 3.8) is 0 Å². The first-order valence-electron chi connectivity index (χ1n) is 11.9. The molecule has 0 radical (unpaired) electrons. The second kappa shape index (κ2) is 8.72. The summed E-state index contributed by atoms with van der Waals surface area (Å²) in [6.45, 7) is 5.64. The third-order valence-corrected chi connectivity index (χ3v) is 6.72. The van der Waals surface area contributed by atoms with Crippen molar-refractivity contribution in [3.8, 4) is 0 Å². The molecule has 1 aromatic carbocycles. The zero-order valence-electron chi connectivity index (χ0n) is 20.2. The first-order chi connectivity index (χ1) is 17.5. The Kier molecular flexibility index (Phi) is 5.37. The summed E-state index contributed by atoms with van der Waals surface area (Å²) >= 11 is 0. The van der Waals surface area contributed by atoms with Crippen molar-refractivity contribution in [2.45, 2.75) is 13.5 Å². The number of hydrogen-bond donors (Lipinski definition) is 2. The van der Waals surface area contributed by atoms with E-state index < -0.39 is 5.91 Å². The van der Waals surface area contributed by atoms with E-state index in [0.717, 1.165) is 48.7 Å². The van der Waals surface area contributed by atoms with Crippen LogP contribution in [0.3, 0.4) is 0 Å². The molecule has 10 nitrogen and oxygen atoms in total. The standard InChI is InChI=1S/C26H26N8O2/c1-16-13-28-17(14-27-16)15-29-26(36)22-23(35)18-7-8-21(33-11-9-32(2)10-12-33)31-24(18)34-20-6-4-3-5-19(20)30-25(22)34/h3-8,13-14,30H,9-12,15H2,1-2H3,(H,29,36). The molecular weight excluding hydrogens is 456 g/mol. The average molecular weight is 483 g/mol. The van der Waals surface area contributed by atoms with Gasteiger partial charge in [0.05, 0.1) is 40.5 Å². The lowest BCUT2D eigenvalue weighted by atomic mass is 10.1. The highest BCUT2D eigenvalue weighted by Crippen LogP contribution is 2.25. The molecule has 0 atom stereocenters. The molecule has 1 aliphatic rings. The molecule has 0 bridgehead atoms. The van der Waals surface area contributed by atoms with Crippen LogP contribution in [-0.2, 0) is 6.54 Å². The van der Waals surface area contributed by atoms with E-state index in [2.05, 4.69) is 37.1 Å². The fourth-order valence-corrected chi connectivity index (χ4v) is 4.69. The molecule has 36 heavy (non-hydrogen) atoms. The first-order valence-corrected chi connectivity index (χ1v) is 11.9. The number of aromatic nitrogens is 5. The van der Waals surface area contributed by atoms with E-state index in [4.69, 9.17) is 4.98 Å². The maximum atomic E-state index is 13.7. The maximum absolute atomic E-state index is 13.7. The zero-order chi connectivity index (χ0) is 24.8. The predicted octanol–water partition coefficient (Wildman–Crippen LogP) is 2.11. The predicted molar refractivity (Wildman–Crippen MR) is 138 cm³/mol. The second-order valence-electron chi connectivity index (χ2n) is 9.19. The van der Waals surface area contributed by atoms with Gasteiger partial charge in [0.15, 0.2) is 5.65 Å². The van der Waals surface area contributed by atoms with Gasteiger partial charge in [0.25, 0.3) is 5.91 Å². The highest BCUT2D eigenvalue weighted by Gasteiger charge is 2.24. The summed E-state index contributed by atoms with van der Waals surface area (Å²) in [5.41, 5.74) is 3.71. The van der Waals surface area contributed by atoms with Crippen LogP contribution in [0.25, 0.3) is 27.7 Å². The van der Waals surface area contributed by atoms with Gasteiger partial charge in [-0.2, -0.15) is 0 Å². The lowest BCUT2D eigenvalue weighted by Gasteiger charge is -2.33. The Balaban J connectivity index is 1.49. The molecular formula is C26H26N8O2. The summed E-state index contributed by atoms with van der Waals surface area (Å²) in [7, 11) is 2.11. The van der Waals surface area contributed by atoms with E-state index in [0.29, 0.717) is 22.4 Å². The van der Waals surface area contributed by atoms with Crippen LogP contribution in [0.1, 0.15) is 21.7 Å². The Morgan fingerprint density at radius 2 is 1.86 bits per heavy atom. The molecule has 2 N–H and O–H groups in total. The van der Waals surface area contributed by atoms with Crippen molar-refractivity contribution in [1.29, 1.82) is 0 Å². The van der Waals surface area contributed by atoms with E-state index in [1.807, 2.05) is 41.7 Å². The zero-order valence-corrected chi connectivity index (χ0v) is 20.2. The molecule has 0 aliphatic carbocycles. The molecule has 10 heteroatoms. The highest BCUT2D eigenvalue weighted by atomic mass is 16.2. The Morgan fingerprint density at radius 3 is 2.64 bits per heavy atom. The number of pyridine rings is 2. The number of nitrogens with one attached hydrogen (secondary N) is 2. The lowest BCUT2D eigenvalue weighted by Crippen LogP contribution is -2.44. The SMILES string of the molecule is Cc1cnc(CNC(=O)c2c(=O)c3ccc(N4CCN(C)CC4)nc3n3c2[nH]c2ccccc23)cn1. The number of nitrogens with zero attached hydrogens (tertiary/aromatic N) is 6. The van der Waals surface area contributed by atoms with Gasteiger partial charge in [0.2, 0.25) is 5.43 Å². The molecule has 1 amide bonds. The molecule has 182 valence electrons. The monoisotopic (exact) mass is 482 g/mol. The Hall–Kier alpha value is -4.31. The molecule has 0 spiro atoms.